The number of imidazole rings is 1. The van der Waals surface area contributed by atoms with Crippen molar-refractivity contribution in [2.45, 2.75) is 19.0 Å². The number of rotatable bonds is 4. The zero-order valence-electron chi connectivity index (χ0n) is 16.7. The molecule has 2 aromatic heterocycles. The van der Waals surface area contributed by atoms with Gasteiger partial charge in [0.15, 0.2) is 0 Å². The highest BCUT2D eigenvalue weighted by Crippen LogP contribution is 2.33. The molecule has 0 bridgehead atoms. The predicted octanol–water partition coefficient (Wildman–Crippen LogP) is 3.96. The van der Waals surface area contributed by atoms with E-state index in [0.717, 1.165) is 16.8 Å². The van der Waals surface area contributed by atoms with E-state index in [-0.39, 0.29) is 24.2 Å². The first-order valence-corrected chi connectivity index (χ1v) is 10.2. The third-order valence-electron chi connectivity index (χ3n) is 5.56. The summed E-state index contributed by atoms with van der Waals surface area (Å²) in [5.74, 6) is 0.357. The van der Waals surface area contributed by atoms with E-state index < -0.39 is 0 Å². The average molecular weight is 435 g/mol. The van der Waals surface area contributed by atoms with Crippen molar-refractivity contribution in [2.75, 3.05) is 0 Å². The number of halogens is 1. The number of para-hydroxylation sites is 2. The molecule has 4 aromatic rings. The minimum Gasteiger partial charge on any atom is -0.467 e. The number of aromatic nitrogens is 2. The lowest BCUT2D eigenvalue weighted by molar-refractivity contribution is -0.134. The molecular weight excluding hydrogens is 416 g/mol. The van der Waals surface area contributed by atoms with Gasteiger partial charge in [-0.3, -0.25) is 13.9 Å². The molecule has 1 atom stereocenters. The quantitative estimate of drug-likeness (QED) is 0.488. The number of nitrogens with zero attached hydrogens (tertiary/aromatic N) is 4. The Kier molecular flexibility index (Phi) is 4.75. The largest absolute Gasteiger partial charge is 0.467 e. The molecule has 0 fully saturated rings. The van der Waals surface area contributed by atoms with E-state index in [1.807, 2.05) is 42.5 Å². The van der Waals surface area contributed by atoms with E-state index in [1.54, 1.807) is 36.1 Å². The number of hydrazone groups is 1. The lowest BCUT2D eigenvalue weighted by atomic mass is 10.0. The fraction of sp³-hybridized carbons (Fsp3) is 0.174. The third-order valence-corrected chi connectivity index (χ3v) is 5.81. The van der Waals surface area contributed by atoms with Gasteiger partial charge in [-0.25, -0.2) is 9.80 Å². The van der Waals surface area contributed by atoms with Crippen LogP contribution in [0.1, 0.15) is 23.8 Å². The molecule has 0 saturated carbocycles. The van der Waals surface area contributed by atoms with Gasteiger partial charge >= 0.3 is 5.69 Å². The summed E-state index contributed by atoms with van der Waals surface area (Å²) in [6, 6.07) is 18.0. The summed E-state index contributed by atoms with van der Waals surface area (Å²) in [6.45, 7) is -0.116. The van der Waals surface area contributed by atoms with Crippen LogP contribution in [0.2, 0.25) is 5.02 Å². The summed E-state index contributed by atoms with van der Waals surface area (Å²) in [6.07, 6.45) is 2.08. The van der Waals surface area contributed by atoms with Crippen LogP contribution in [-0.4, -0.2) is 25.8 Å². The van der Waals surface area contributed by atoms with Gasteiger partial charge in [-0.1, -0.05) is 35.9 Å². The van der Waals surface area contributed by atoms with E-state index in [2.05, 4.69) is 5.10 Å². The van der Waals surface area contributed by atoms with E-state index in [0.29, 0.717) is 22.7 Å². The molecule has 2 aromatic carbocycles. The van der Waals surface area contributed by atoms with Crippen LogP contribution in [0.4, 0.5) is 0 Å². The molecule has 0 spiro atoms. The maximum absolute atomic E-state index is 13.3. The Morgan fingerprint density at radius 1 is 1.10 bits per heavy atom. The molecular formula is C23H19ClN4O3. The van der Waals surface area contributed by atoms with Gasteiger partial charge < -0.3 is 4.42 Å². The van der Waals surface area contributed by atoms with Gasteiger partial charge in [-0.2, -0.15) is 5.10 Å². The zero-order valence-corrected chi connectivity index (χ0v) is 17.5. The Labute approximate surface area is 182 Å². The van der Waals surface area contributed by atoms with Crippen molar-refractivity contribution in [3.8, 4) is 0 Å². The summed E-state index contributed by atoms with van der Waals surface area (Å²) in [7, 11) is 1.70. The number of aryl methyl sites for hydroxylation is 1. The van der Waals surface area contributed by atoms with Crippen molar-refractivity contribution in [3.63, 3.8) is 0 Å². The second-order valence-electron chi connectivity index (χ2n) is 7.44. The van der Waals surface area contributed by atoms with E-state index in [4.69, 9.17) is 16.0 Å². The molecule has 0 radical (unpaired) electrons. The topological polar surface area (TPSA) is 72.7 Å². The number of fused-ring (bicyclic) bond motifs is 1. The minimum absolute atomic E-state index is 0.116. The smallest absolute Gasteiger partial charge is 0.329 e. The van der Waals surface area contributed by atoms with Gasteiger partial charge in [0.05, 0.1) is 23.0 Å². The Morgan fingerprint density at radius 2 is 1.84 bits per heavy atom. The maximum atomic E-state index is 13.3. The Bertz CT molecular complexity index is 1350. The Hall–Kier alpha value is -3.58. The van der Waals surface area contributed by atoms with Crippen molar-refractivity contribution in [1.82, 2.24) is 14.1 Å². The van der Waals surface area contributed by atoms with Crippen LogP contribution < -0.4 is 5.69 Å². The molecule has 1 unspecified atom stereocenters. The Morgan fingerprint density at radius 3 is 2.55 bits per heavy atom. The third kappa shape index (κ3) is 3.37. The molecule has 0 aliphatic carbocycles. The van der Waals surface area contributed by atoms with Gasteiger partial charge in [0.25, 0.3) is 5.91 Å². The second-order valence-corrected chi connectivity index (χ2v) is 7.88. The van der Waals surface area contributed by atoms with Crippen molar-refractivity contribution < 1.29 is 9.21 Å². The molecule has 1 amide bonds. The summed E-state index contributed by atoms with van der Waals surface area (Å²) >= 11 is 6.01. The van der Waals surface area contributed by atoms with E-state index in [9.17, 15) is 9.59 Å². The number of furan rings is 1. The van der Waals surface area contributed by atoms with Crippen molar-refractivity contribution in [3.05, 3.63) is 93.8 Å². The average Bonchev–Trinajstić information content (AvgIpc) is 3.51. The predicted molar refractivity (Wildman–Crippen MR) is 118 cm³/mol. The first-order valence-electron chi connectivity index (χ1n) is 9.86. The molecule has 1 aliphatic rings. The van der Waals surface area contributed by atoms with Crippen LogP contribution >= 0.6 is 11.6 Å². The van der Waals surface area contributed by atoms with Crippen molar-refractivity contribution in [1.29, 1.82) is 0 Å². The lowest BCUT2D eigenvalue weighted by Gasteiger charge is -2.20. The summed E-state index contributed by atoms with van der Waals surface area (Å²) in [4.78, 5) is 26.1. The molecule has 31 heavy (non-hydrogen) atoms. The fourth-order valence-corrected chi connectivity index (χ4v) is 4.11. The highest BCUT2D eigenvalue weighted by atomic mass is 35.5. The van der Waals surface area contributed by atoms with Crippen LogP contribution in [-0.2, 0) is 18.4 Å². The van der Waals surface area contributed by atoms with Gasteiger partial charge in [-0.15, -0.1) is 0 Å². The molecule has 0 N–H and O–H groups in total. The molecule has 1 aliphatic heterocycles. The Balaban J connectivity index is 1.51. The standard InChI is InChI=1S/C23H19ClN4O3/c1-26-18-5-2-3-6-19(18)27(23(26)30)14-22(29)28-20(21-7-4-12-31-21)13-17(25-28)15-8-10-16(24)11-9-15/h2-12,20H,13-14H2,1H3. The summed E-state index contributed by atoms with van der Waals surface area (Å²) in [5, 5.41) is 6.67. The van der Waals surface area contributed by atoms with Crippen LogP contribution in [0.25, 0.3) is 11.0 Å². The number of carbonyl (C=O) groups excluding carboxylic acids is 1. The number of hydrogen-bond acceptors (Lipinski definition) is 4. The molecule has 0 saturated heterocycles. The van der Waals surface area contributed by atoms with Gasteiger partial charge in [-0.05, 0) is 42.0 Å². The molecule has 3 heterocycles. The van der Waals surface area contributed by atoms with Crippen LogP contribution in [0, 0.1) is 0 Å². The molecule has 7 nitrogen and oxygen atoms in total. The summed E-state index contributed by atoms with van der Waals surface area (Å²) < 4.78 is 8.61. The first-order chi connectivity index (χ1) is 15.0. The van der Waals surface area contributed by atoms with Crippen LogP contribution in [0.3, 0.4) is 0 Å². The monoisotopic (exact) mass is 434 g/mol. The first kappa shape index (κ1) is 19.4. The number of hydrogen-bond donors (Lipinski definition) is 0. The van der Waals surface area contributed by atoms with E-state index >= 15 is 0 Å². The number of amides is 1. The highest BCUT2D eigenvalue weighted by molar-refractivity contribution is 6.30. The normalized spacial score (nSPS) is 16.1. The minimum atomic E-state index is -0.376. The zero-order chi connectivity index (χ0) is 21.5. The van der Waals surface area contributed by atoms with Gasteiger partial charge in [0.2, 0.25) is 0 Å². The van der Waals surface area contributed by atoms with E-state index in [1.165, 1.54) is 9.58 Å². The van der Waals surface area contributed by atoms with Gasteiger partial charge in [0.1, 0.15) is 18.3 Å². The number of benzene rings is 2. The SMILES string of the molecule is Cn1c(=O)n(CC(=O)N2N=C(c3ccc(Cl)cc3)CC2c2ccco2)c2ccccc21. The van der Waals surface area contributed by atoms with Crippen molar-refractivity contribution >= 4 is 34.3 Å². The maximum Gasteiger partial charge on any atom is 0.329 e. The van der Waals surface area contributed by atoms with Gasteiger partial charge in [0, 0.05) is 18.5 Å². The van der Waals surface area contributed by atoms with Crippen LogP contribution in [0.15, 0.2) is 81.2 Å². The highest BCUT2D eigenvalue weighted by Gasteiger charge is 2.35. The summed E-state index contributed by atoms with van der Waals surface area (Å²) in [5.41, 5.74) is 2.88. The fourth-order valence-electron chi connectivity index (χ4n) is 3.98. The molecule has 156 valence electrons. The molecule has 5 rings (SSSR count). The lowest BCUT2D eigenvalue weighted by Crippen LogP contribution is -2.34. The second kappa shape index (κ2) is 7.59. The van der Waals surface area contributed by atoms with Crippen molar-refractivity contribution in [2.24, 2.45) is 12.1 Å². The molecule has 8 heteroatoms. The number of carbonyl (C=O) groups is 1. The van der Waals surface area contributed by atoms with Crippen LogP contribution in [0.5, 0.6) is 0 Å².